The van der Waals surface area contributed by atoms with E-state index in [-0.39, 0.29) is 28.6 Å². The predicted octanol–water partition coefficient (Wildman–Crippen LogP) is 1.43. The molecule has 0 aliphatic carbocycles. The molecule has 23 heavy (non-hydrogen) atoms. The molecule has 124 valence electrons. The van der Waals surface area contributed by atoms with Gasteiger partial charge in [0.25, 0.3) is 5.91 Å². The SMILES string of the molecule is C[C@@H]1Sc2ccc(C(=O)N[C@]3(C)CCS(=O)(=O)C3)cc2NC1=O. The third-order valence-corrected chi connectivity index (χ3v) is 7.17. The normalized spacial score (nSPS) is 28.8. The van der Waals surface area contributed by atoms with Crippen molar-refractivity contribution in [2.45, 2.75) is 36.0 Å². The molecule has 2 aliphatic heterocycles. The summed E-state index contributed by atoms with van der Waals surface area (Å²) in [4.78, 5) is 25.1. The third-order valence-electron chi connectivity index (χ3n) is 4.09. The van der Waals surface area contributed by atoms with Crippen LogP contribution in [0.5, 0.6) is 0 Å². The monoisotopic (exact) mass is 354 g/mol. The lowest BCUT2D eigenvalue weighted by Crippen LogP contribution is -2.46. The summed E-state index contributed by atoms with van der Waals surface area (Å²) < 4.78 is 23.2. The van der Waals surface area contributed by atoms with E-state index < -0.39 is 15.4 Å². The first kappa shape index (κ1) is 16.3. The van der Waals surface area contributed by atoms with Crippen molar-refractivity contribution in [1.82, 2.24) is 5.32 Å². The summed E-state index contributed by atoms with van der Waals surface area (Å²) in [5, 5.41) is 5.44. The maximum atomic E-state index is 12.4. The van der Waals surface area contributed by atoms with Crippen molar-refractivity contribution in [3.8, 4) is 0 Å². The van der Waals surface area contributed by atoms with E-state index >= 15 is 0 Å². The summed E-state index contributed by atoms with van der Waals surface area (Å²) in [6.07, 6.45) is 0.413. The van der Waals surface area contributed by atoms with E-state index in [1.54, 1.807) is 25.1 Å². The number of amides is 2. The van der Waals surface area contributed by atoms with E-state index in [1.165, 1.54) is 11.8 Å². The zero-order chi connectivity index (χ0) is 16.8. The highest BCUT2D eigenvalue weighted by molar-refractivity contribution is 8.01. The van der Waals surface area contributed by atoms with Crippen LogP contribution in [-0.2, 0) is 14.6 Å². The van der Waals surface area contributed by atoms with Crippen LogP contribution in [0.2, 0.25) is 0 Å². The average molecular weight is 354 g/mol. The van der Waals surface area contributed by atoms with E-state index in [0.29, 0.717) is 17.7 Å². The van der Waals surface area contributed by atoms with Gasteiger partial charge >= 0.3 is 0 Å². The second-order valence-electron chi connectivity index (χ2n) is 6.32. The van der Waals surface area contributed by atoms with Crippen molar-refractivity contribution >= 4 is 39.1 Å². The molecule has 2 N–H and O–H groups in total. The van der Waals surface area contributed by atoms with Crippen molar-refractivity contribution in [3.63, 3.8) is 0 Å². The predicted molar refractivity (Wildman–Crippen MR) is 89.5 cm³/mol. The maximum absolute atomic E-state index is 12.4. The van der Waals surface area contributed by atoms with Crippen LogP contribution in [0, 0.1) is 0 Å². The molecule has 2 heterocycles. The Morgan fingerprint density at radius 3 is 2.83 bits per heavy atom. The highest BCUT2D eigenvalue weighted by Crippen LogP contribution is 2.36. The van der Waals surface area contributed by atoms with Crippen molar-refractivity contribution < 1.29 is 18.0 Å². The number of benzene rings is 1. The lowest BCUT2D eigenvalue weighted by Gasteiger charge is -2.25. The third kappa shape index (κ3) is 3.37. The minimum Gasteiger partial charge on any atom is -0.346 e. The quantitative estimate of drug-likeness (QED) is 0.838. The van der Waals surface area contributed by atoms with Crippen LogP contribution in [0.4, 0.5) is 5.69 Å². The number of anilines is 1. The Kier molecular flexibility index (Phi) is 3.92. The summed E-state index contributed by atoms with van der Waals surface area (Å²) >= 11 is 1.45. The van der Waals surface area contributed by atoms with Crippen LogP contribution in [0.25, 0.3) is 0 Å². The van der Waals surface area contributed by atoms with Crippen molar-refractivity contribution in [1.29, 1.82) is 0 Å². The average Bonchev–Trinajstić information content (AvgIpc) is 2.73. The van der Waals surface area contributed by atoms with Gasteiger partial charge in [-0.1, -0.05) is 0 Å². The molecular formula is C15H18N2O4S2. The molecule has 0 spiro atoms. The smallest absolute Gasteiger partial charge is 0.251 e. The van der Waals surface area contributed by atoms with E-state index in [2.05, 4.69) is 10.6 Å². The molecule has 0 radical (unpaired) electrons. The number of hydrogen-bond donors (Lipinski definition) is 2. The molecule has 0 saturated carbocycles. The summed E-state index contributed by atoms with van der Waals surface area (Å²) in [6.45, 7) is 3.57. The molecule has 0 bridgehead atoms. The largest absolute Gasteiger partial charge is 0.346 e. The molecule has 1 fully saturated rings. The molecule has 2 aliphatic rings. The fourth-order valence-electron chi connectivity index (χ4n) is 2.81. The van der Waals surface area contributed by atoms with Crippen molar-refractivity contribution in [3.05, 3.63) is 23.8 Å². The van der Waals surface area contributed by atoms with Gasteiger partial charge in [0, 0.05) is 10.5 Å². The second kappa shape index (κ2) is 5.52. The molecular weight excluding hydrogens is 336 g/mol. The van der Waals surface area contributed by atoms with Gasteiger partial charge in [-0.25, -0.2) is 8.42 Å². The number of fused-ring (bicyclic) bond motifs is 1. The lowest BCUT2D eigenvalue weighted by molar-refractivity contribution is -0.115. The summed E-state index contributed by atoms with van der Waals surface area (Å²) in [5.74, 6) is -0.363. The molecule has 0 unspecified atom stereocenters. The summed E-state index contributed by atoms with van der Waals surface area (Å²) in [5.41, 5.74) is 0.290. The van der Waals surface area contributed by atoms with Crippen LogP contribution in [-0.4, -0.2) is 42.5 Å². The number of sulfone groups is 1. The standard InChI is InChI=1S/C15H18N2O4S2/c1-9-13(18)16-11-7-10(3-4-12(11)22-9)14(19)17-15(2)5-6-23(20,21)8-15/h3-4,7,9H,5-6,8H2,1-2H3,(H,16,18)(H,17,19)/t9-,15+/m0/s1. The molecule has 3 rings (SSSR count). The maximum Gasteiger partial charge on any atom is 0.251 e. The number of thioether (sulfide) groups is 1. The first-order valence-corrected chi connectivity index (χ1v) is 10.0. The first-order valence-electron chi connectivity index (χ1n) is 7.32. The zero-order valence-corrected chi connectivity index (χ0v) is 14.5. The van der Waals surface area contributed by atoms with Crippen LogP contribution in [0.3, 0.4) is 0 Å². The number of rotatable bonds is 2. The Morgan fingerprint density at radius 2 is 2.17 bits per heavy atom. The topological polar surface area (TPSA) is 92.3 Å². The van der Waals surface area contributed by atoms with E-state index in [1.807, 2.05) is 6.92 Å². The number of carbonyl (C=O) groups is 2. The van der Waals surface area contributed by atoms with Gasteiger partial charge in [-0.05, 0) is 38.5 Å². The van der Waals surface area contributed by atoms with E-state index in [4.69, 9.17) is 0 Å². The first-order chi connectivity index (χ1) is 10.7. The number of hydrogen-bond acceptors (Lipinski definition) is 5. The van der Waals surface area contributed by atoms with E-state index in [0.717, 1.165) is 4.90 Å². The van der Waals surface area contributed by atoms with Crippen LogP contribution in [0.1, 0.15) is 30.6 Å². The Labute approximate surface area is 139 Å². The van der Waals surface area contributed by atoms with Gasteiger partial charge in [-0.2, -0.15) is 0 Å². The molecule has 1 aromatic carbocycles. The van der Waals surface area contributed by atoms with Gasteiger partial charge in [0.15, 0.2) is 9.84 Å². The molecule has 1 saturated heterocycles. The lowest BCUT2D eigenvalue weighted by atomic mass is 10.0. The van der Waals surface area contributed by atoms with E-state index in [9.17, 15) is 18.0 Å². The van der Waals surface area contributed by atoms with Crippen LogP contribution >= 0.6 is 11.8 Å². The minimum atomic E-state index is -3.08. The Hall–Kier alpha value is -1.54. The van der Waals surface area contributed by atoms with Gasteiger partial charge < -0.3 is 10.6 Å². The molecule has 1 aromatic rings. The van der Waals surface area contributed by atoms with Crippen molar-refractivity contribution in [2.75, 3.05) is 16.8 Å². The fourth-order valence-corrected chi connectivity index (χ4v) is 5.83. The molecule has 0 aromatic heterocycles. The molecule has 6 nitrogen and oxygen atoms in total. The van der Waals surface area contributed by atoms with Gasteiger partial charge in [-0.15, -0.1) is 11.8 Å². The number of nitrogens with one attached hydrogen (secondary N) is 2. The minimum absolute atomic E-state index is 0.0409. The fraction of sp³-hybridized carbons (Fsp3) is 0.467. The molecule has 2 atom stereocenters. The van der Waals surface area contributed by atoms with Crippen LogP contribution in [0.15, 0.2) is 23.1 Å². The number of carbonyl (C=O) groups excluding carboxylic acids is 2. The van der Waals surface area contributed by atoms with Crippen LogP contribution < -0.4 is 10.6 Å². The molecule has 2 amide bonds. The highest BCUT2D eigenvalue weighted by atomic mass is 32.2. The van der Waals surface area contributed by atoms with Gasteiger partial charge in [0.1, 0.15) is 0 Å². The summed E-state index contributed by atoms with van der Waals surface area (Å²) in [7, 11) is -3.08. The van der Waals surface area contributed by atoms with Gasteiger partial charge in [-0.3, -0.25) is 9.59 Å². The van der Waals surface area contributed by atoms with Gasteiger partial charge in [0.05, 0.1) is 28.0 Å². The second-order valence-corrected chi connectivity index (χ2v) is 9.88. The van der Waals surface area contributed by atoms with Crippen molar-refractivity contribution in [2.24, 2.45) is 0 Å². The van der Waals surface area contributed by atoms with Gasteiger partial charge in [0.2, 0.25) is 5.91 Å². The Morgan fingerprint density at radius 1 is 1.43 bits per heavy atom. The summed E-state index contributed by atoms with van der Waals surface area (Å²) in [6, 6.07) is 5.13. The molecule has 8 heteroatoms. The Bertz CT molecular complexity index is 791. The zero-order valence-electron chi connectivity index (χ0n) is 12.9. The Balaban J connectivity index is 1.79. The highest BCUT2D eigenvalue weighted by Gasteiger charge is 2.39.